The van der Waals surface area contributed by atoms with Gasteiger partial charge < -0.3 is 4.90 Å². The Labute approximate surface area is 76.9 Å². The lowest BCUT2D eigenvalue weighted by atomic mass is 9.93. The molecule has 0 bridgehead atoms. The van der Waals surface area contributed by atoms with Gasteiger partial charge in [0.2, 0.25) is 0 Å². The molecule has 1 saturated heterocycles. The van der Waals surface area contributed by atoms with Crippen molar-refractivity contribution in [3.8, 4) is 0 Å². The van der Waals surface area contributed by atoms with Gasteiger partial charge in [0.15, 0.2) is 0 Å². The smallest absolute Gasteiger partial charge is 0.315 e. The van der Waals surface area contributed by atoms with Gasteiger partial charge in [-0.3, -0.25) is 4.79 Å². The quantitative estimate of drug-likeness (QED) is 0.620. The molecule has 4 heteroatoms. The van der Waals surface area contributed by atoms with Crippen LogP contribution in [0.15, 0.2) is 0 Å². The summed E-state index contributed by atoms with van der Waals surface area (Å²) in [6.07, 6.45) is -1.18. The van der Waals surface area contributed by atoms with Crippen molar-refractivity contribution in [3.63, 3.8) is 0 Å². The van der Waals surface area contributed by atoms with Crippen LogP contribution in [0, 0.1) is 5.92 Å². The van der Waals surface area contributed by atoms with Crippen molar-refractivity contribution < 1.29 is 13.6 Å². The van der Waals surface area contributed by atoms with Crippen LogP contribution in [-0.4, -0.2) is 29.8 Å². The summed E-state index contributed by atoms with van der Waals surface area (Å²) in [5, 5.41) is 0. The predicted octanol–water partition coefficient (Wildman–Crippen LogP) is 1.90. The Hall–Kier alpha value is -0.670. The number of amides is 1. The molecule has 2 atom stereocenters. The molecule has 13 heavy (non-hydrogen) atoms. The zero-order chi connectivity index (χ0) is 10.0. The molecular weight excluding hydrogens is 176 g/mol. The molecule has 1 aliphatic rings. The fraction of sp³-hybridized carbons (Fsp3) is 0.889. The third kappa shape index (κ3) is 2.39. The van der Waals surface area contributed by atoms with E-state index in [1.165, 1.54) is 4.90 Å². The fourth-order valence-corrected chi connectivity index (χ4v) is 1.86. The molecule has 76 valence electrons. The molecule has 1 amide bonds. The first kappa shape index (κ1) is 10.4. The van der Waals surface area contributed by atoms with Gasteiger partial charge >= 0.3 is 6.43 Å². The second kappa shape index (κ2) is 4.03. The van der Waals surface area contributed by atoms with Gasteiger partial charge in [-0.1, -0.05) is 6.92 Å². The number of rotatable bonds is 1. The largest absolute Gasteiger partial charge is 0.335 e. The molecule has 1 aliphatic heterocycles. The highest BCUT2D eigenvalue weighted by atomic mass is 19.3. The standard InChI is InChI=1S/C9H15F2NO/c1-6-3-4-12(7(2)5-6)9(13)8(10)11/h6-8H,3-5H2,1-2H3. The molecule has 2 nitrogen and oxygen atoms in total. The number of hydrogen-bond acceptors (Lipinski definition) is 1. The van der Waals surface area contributed by atoms with Crippen LogP contribution in [0.1, 0.15) is 26.7 Å². The van der Waals surface area contributed by atoms with E-state index in [1.807, 2.05) is 6.92 Å². The van der Waals surface area contributed by atoms with Crippen LogP contribution >= 0.6 is 0 Å². The van der Waals surface area contributed by atoms with Crippen molar-refractivity contribution in [1.29, 1.82) is 0 Å². The van der Waals surface area contributed by atoms with E-state index < -0.39 is 12.3 Å². The van der Waals surface area contributed by atoms with E-state index in [0.29, 0.717) is 12.5 Å². The van der Waals surface area contributed by atoms with E-state index in [2.05, 4.69) is 6.92 Å². The lowest BCUT2D eigenvalue weighted by molar-refractivity contribution is -0.146. The number of nitrogens with zero attached hydrogens (tertiary/aromatic N) is 1. The molecular formula is C9H15F2NO. The van der Waals surface area contributed by atoms with Crippen LogP contribution in [0.3, 0.4) is 0 Å². The fourth-order valence-electron chi connectivity index (χ4n) is 1.86. The summed E-state index contributed by atoms with van der Waals surface area (Å²) >= 11 is 0. The average Bonchev–Trinajstić information content (AvgIpc) is 2.03. The van der Waals surface area contributed by atoms with E-state index in [-0.39, 0.29) is 6.04 Å². The average molecular weight is 191 g/mol. The van der Waals surface area contributed by atoms with Crippen LogP contribution < -0.4 is 0 Å². The molecule has 1 heterocycles. The first-order chi connectivity index (χ1) is 6.02. The Kier molecular flexibility index (Phi) is 3.22. The molecule has 0 aromatic heterocycles. The van der Waals surface area contributed by atoms with E-state index in [0.717, 1.165) is 12.8 Å². The molecule has 0 radical (unpaired) electrons. The van der Waals surface area contributed by atoms with Crippen molar-refractivity contribution in [2.75, 3.05) is 6.54 Å². The summed E-state index contributed by atoms with van der Waals surface area (Å²) in [4.78, 5) is 12.3. The summed E-state index contributed by atoms with van der Waals surface area (Å²) in [6, 6.07) is -0.0368. The van der Waals surface area contributed by atoms with Gasteiger partial charge in [0, 0.05) is 12.6 Å². The third-order valence-electron chi connectivity index (χ3n) is 2.61. The van der Waals surface area contributed by atoms with E-state index in [9.17, 15) is 13.6 Å². The summed E-state index contributed by atoms with van der Waals surface area (Å²) in [7, 11) is 0. The van der Waals surface area contributed by atoms with Gasteiger partial charge in [-0.05, 0) is 25.7 Å². The Balaban J connectivity index is 2.56. The molecule has 2 unspecified atom stereocenters. The van der Waals surface area contributed by atoms with Crippen molar-refractivity contribution in [3.05, 3.63) is 0 Å². The van der Waals surface area contributed by atoms with Gasteiger partial charge in [-0.2, -0.15) is 8.78 Å². The maximum atomic E-state index is 12.1. The highest BCUT2D eigenvalue weighted by molar-refractivity contribution is 5.79. The molecule has 0 saturated carbocycles. The summed E-state index contributed by atoms with van der Waals surface area (Å²) in [5.74, 6) is -0.476. The van der Waals surface area contributed by atoms with Crippen LogP contribution in [0.5, 0.6) is 0 Å². The Morgan fingerprint density at radius 3 is 2.54 bits per heavy atom. The SMILES string of the molecule is CC1CCN(C(=O)C(F)F)C(C)C1. The van der Waals surface area contributed by atoms with Crippen molar-refractivity contribution in [1.82, 2.24) is 4.90 Å². The topological polar surface area (TPSA) is 20.3 Å². The first-order valence-corrected chi connectivity index (χ1v) is 4.61. The number of carbonyl (C=O) groups is 1. The number of hydrogen-bond donors (Lipinski definition) is 0. The van der Waals surface area contributed by atoms with Crippen molar-refractivity contribution in [2.24, 2.45) is 5.92 Å². The number of alkyl halides is 2. The zero-order valence-electron chi connectivity index (χ0n) is 7.96. The van der Waals surface area contributed by atoms with Gasteiger partial charge in [0.05, 0.1) is 0 Å². The number of halogens is 2. The normalized spacial score (nSPS) is 29.5. The van der Waals surface area contributed by atoms with E-state index >= 15 is 0 Å². The Morgan fingerprint density at radius 2 is 2.08 bits per heavy atom. The Bertz CT molecular complexity index is 196. The van der Waals surface area contributed by atoms with Crippen LogP contribution in [-0.2, 0) is 4.79 Å². The maximum absolute atomic E-state index is 12.1. The lowest BCUT2D eigenvalue weighted by Gasteiger charge is -2.36. The molecule has 0 aromatic carbocycles. The number of carbonyl (C=O) groups excluding carboxylic acids is 1. The molecule has 0 spiro atoms. The lowest BCUT2D eigenvalue weighted by Crippen LogP contribution is -2.46. The second-order valence-corrected chi connectivity index (χ2v) is 3.81. The third-order valence-corrected chi connectivity index (χ3v) is 2.61. The van der Waals surface area contributed by atoms with Crippen molar-refractivity contribution in [2.45, 2.75) is 39.2 Å². The minimum absolute atomic E-state index is 0.0368. The number of piperidine rings is 1. The van der Waals surface area contributed by atoms with Gasteiger partial charge in [-0.15, -0.1) is 0 Å². The van der Waals surface area contributed by atoms with Gasteiger partial charge in [0.25, 0.3) is 5.91 Å². The van der Waals surface area contributed by atoms with Crippen molar-refractivity contribution >= 4 is 5.91 Å². The molecule has 0 N–H and O–H groups in total. The zero-order valence-corrected chi connectivity index (χ0v) is 7.96. The monoisotopic (exact) mass is 191 g/mol. The summed E-state index contributed by atoms with van der Waals surface area (Å²) in [5.41, 5.74) is 0. The molecule has 1 rings (SSSR count). The van der Waals surface area contributed by atoms with Crippen LogP contribution in [0.25, 0.3) is 0 Å². The number of likely N-dealkylation sites (tertiary alicyclic amines) is 1. The van der Waals surface area contributed by atoms with Gasteiger partial charge in [0.1, 0.15) is 0 Å². The van der Waals surface area contributed by atoms with Crippen LogP contribution in [0.4, 0.5) is 8.78 Å². The minimum atomic E-state index is -2.85. The molecule has 1 fully saturated rings. The predicted molar refractivity (Wildman–Crippen MR) is 45.6 cm³/mol. The van der Waals surface area contributed by atoms with Crippen LogP contribution in [0.2, 0.25) is 0 Å². The maximum Gasteiger partial charge on any atom is 0.315 e. The highest BCUT2D eigenvalue weighted by Crippen LogP contribution is 2.23. The second-order valence-electron chi connectivity index (χ2n) is 3.81. The van der Waals surface area contributed by atoms with Gasteiger partial charge in [-0.25, -0.2) is 0 Å². The summed E-state index contributed by atoms with van der Waals surface area (Å²) < 4.78 is 24.2. The Morgan fingerprint density at radius 1 is 1.46 bits per heavy atom. The minimum Gasteiger partial charge on any atom is -0.335 e. The first-order valence-electron chi connectivity index (χ1n) is 4.61. The van der Waals surface area contributed by atoms with E-state index in [1.54, 1.807) is 0 Å². The summed E-state index contributed by atoms with van der Waals surface area (Å²) in [6.45, 7) is 4.39. The molecule has 0 aliphatic carbocycles. The van der Waals surface area contributed by atoms with E-state index in [4.69, 9.17) is 0 Å². The highest BCUT2D eigenvalue weighted by Gasteiger charge is 2.31. The molecule has 0 aromatic rings.